The SMILES string of the molecule is CC(C)(On1c2c(sc1=S)-c1ccccc1C2)c1ccccc1. The van der Waals surface area contributed by atoms with Gasteiger partial charge in [-0.05, 0) is 42.8 Å². The van der Waals surface area contributed by atoms with Gasteiger partial charge in [-0.25, -0.2) is 0 Å². The zero-order valence-corrected chi connectivity index (χ0v) is 14.7. The van der Waals surface area contributed by atoms with Crippen LogP contribution in [-0.4, -0.2) is 4.73 Å². The second-order valence-electron chi connectivity index (χ2n) is 6.24. The predicted molar refractivity (Wildman–Crippen MR) is 97.4 cm³/mol. The predicted octanol–water partition coefficient (Wildman–Crippen LogP) is 5.21. The molecule has 0 saturated carbocycles. The molecule has 0 amide bonds. The molecule has 1 heterocycles. The van der Waals surface area contributed by atoms with E-state index in [4.69, 9.17) is 17.1 Å². The molecular formula is C19H17NOS2. The van der Waals surface area contributed by atoms with Crippen LogP contribution in [0.25, 0.3) is 10.4 Å². The molecule has 0 spiro atoms. The van der Waals surface area contributed by atoms with Crippen LogP contribution in [0.5, 0.6) is 0 Å². The summed E-state index contributed by atoms with van der Waals surface area (Å²) in [6.07, 6.45) is 0.878. The smallest absolute Gasteiger partial charge is 0.197 e. The van der Waals surface area contributed by atoms with Crippen molar-refractivity contribution in [2.45, 2.75) is 25.9 Å². The molecule has 0 bridgehead atoms. The van der Waals surface area contributed by atoms with Gasteiger partial charge >= 0.3 is 0 Å². The number of rotatable bonds is 3. The van der Waals surface area contributed by atoms with Gasteiger partial charge in [0.15, 0.2) is 9.56 Å². The van der Waals surface area contributed by atoms with Crippen molar-refractivity contribution in [2.75, 3.05) is 0 Å². The maximum Gasteiger partial charge on any atom is 0.197 e. The summed E-state index contributed by atoms with van der Waals surface area (Å²) in [4.78, 5) is 7.60. The molecule has 4 rings (SSSR count). The average molecular weight is 339 g/mol. The third-order valence-corrected chi connectivity index (χ3v) is 5.69. The molecule has 2 nitrogen and oxygen atoms in total. The van der Waals surface area contributed by atoms with Crippen molar-refractivity contribution in [1.82, 2.24) is 4.73 Å². The van der Waals surface area contributed by atoms with Crippen molar-refractivity contribution < 1.29 is 4.84 Å². The molecule has 116 valence electrons. The molecule has 2 aromatic carbocycles. The fraction of sp³-hybridized carbons (Fsp3) is 0.211. The summed E-state index contributed by atoms with van der Waals surface area (Å²) >= 11 is 7.20. The van der Waals surface area contributed by atoms with E-state index in [0.717, 1.165) is 15.9 Å². The molecule has 0 aliphatic heterocycles. The molecule has 0 atom stereocenters. The lowest BCUT2D eigenvalue weighted by atomic mass is 9.99. The Bertz CT molecular complexity index is 922. The van der Waals surface area contributed by atoms with Crippen LogP contribution in [0.2, 0.25) is 0 Å². The first-order valence-electron chi connectivity index (χ1n) is 7.64. The highest BCUT2D eigenvalue weighted by Crippen LogP contribution is 2.41. The number of thiazole rings is 1. The molecular weight excluding hydrogens is 322 g/mol. The Morgan fingerprint density at radius 1 is 1.04 bits per heavy atom. The van der Waals surface area contributed by atoms with Gasteiger partial charge in [0.1, 0.15) is 0 Å². The van der Waals surface area contributed by atoms with Crippen LogP contribution in [-0.2, 0) is 12.0 Å². The summed E-state index contributed by atoms with van der Waals surface area (Å²) in [6, 6.07) is 18.8. The van der Waals surface area contributed by atoms with Crippen molar-refractivity contribution in [2.24, 2.45) is 0 Å². The van der Waals surface area contributed by atoms with E-state index in [9.17, 15) is 0 Å². The second-order valence-corrected chi connectivity index (χ2v) is 7.88. The highest BCUT2D eigenvalue weighted by Gasteiger charge is 2.29. The fourth-order valence-electron chi connectivity index (χ4n) is 3.04. The van der Waals surface area contributed by atoms with Crippen LogP contribution in [0.3, 0.4) is 0 Å². The topological polar surface area (TPSA) is 14.2 Å². The zero-order chi connectivity index (χ0) is 16.0. The van der Waals surface area contributed by atoms with Crippen molar-refractivity contribution in [3.8, 4) is 10.4 Å². The third-order valence-electron chi connectivity index (χ3n) is 4.27. The Morgan fingerprint density at radius 2 is 1.74 bits per heavy atom. The largest absolute Gasteiger partial charge is 0.401 e. The normalized spacial score (nSPS) is 12.8. The molecule has 1 aromatic heterocycles. The Balaban J connectivity index is 1.75. The van der Waals surface area contributed by atoms with Gasteiger partial charge in [0.2, 0.25) is 0 Å². The van der Waals surface area contributed by atoms with Gasteiger partial charge in [-0.2, -0.15) is 4.73 Å². The van der Waals surface area contributed by atoms with E-state index in [0.29, 0.717) is 0 Å². The molecule has 1 aliphatic carbocycles. The van der Waals surface area contributed by atoms with Crippen LogP contribution in [0.1, 0.15) is 30.7 Å². The molecule has 3 aromatic rings. The second kappa shape index (κ2) is 5.32. The van der Waals surface area contributed by atoms with E-state index in [2.05, 4.69) is 50.2 Å². The summed E-state index contributed by atoms with van der Waals surface area (Å²) in [5.41, 5.74) is 4.50. The quantitative estimate of drug-likeness (QED) is 0.475. The fourth-order valence-corrected chi connectivity index (χ4v) is 4.43. The van der Waals surface area contributed by atoms with Gasteiger partial charge in [0, 0.05) is 6.42 Å². The van der Waals surface area contributed by atoms with Gasteiger partial charge in [0.25, 0.3) is 0 Å². The first-order chi connectivity index (χ1) is 11.1. The van der Waals surface area contributed by atoms with Crippen molar-refractivity contribution in [1.29, 1.82) is 0 Å². The molecule has 0 unspecified atom stereocenters. The number of nitrogens with zero attached hydrogens (tertiary/aromatic N) is 1. The van der Waals surface area contributed by atoms with Gasteiger partial charge < -0.3 is 4.84 Å². The third kappa shape index (κ3) is 2.42. The van der Waals surface area contributed by atoms with Gasteiger partial charge in [-0.3, -0.25) is 0 Å². The standard InChI is InChI=1S/C19H17NOS2/c1-19(2,14-9-4-3-5-10-14)21-20-16-12-13-8-6-7-11-15(13)17(16)23-18(20)22/h3-11H,12H2,1-2H3. The van der Waals surface area contributed by atoms with E-state index < -0.39 is 5.60 Å². The van der Waals surface area contributed by atoms with E-state index in [1.807, 2.05) is 22.9 Å². The summed E-state index contributed by atoms with van der Waals surface area (Å²) in [7, 11) is 0. The summed E-state index contributed by atoms with van der Waals surface area (Å²) in [5.74, 6) is 0. The first kappa shape index (κ1) is 14.7. The van der Waals surface area contributed by atoms with Crippen LogP contribution in [0.15, 0.2) is 54.6 Å². The van der Waals surface area contributed by atoms with Gasteiger partial charge in [-0.15, -0.1) is 11.3 Å². The van der Waals surface area contributed by atoms with Crippen LogP contribution < -0.4 is 4.84 Å². The lowest BCUT2D eigenvalue weighted by Crippen LogP contribution is -2.33. The van der Waals surface area contributed by atoms with E-state index in [-0.39, 0.29) is 0 Å². The van der Waals surface area contributed by atoms with Crippen molar-refractivity contribution >= 4 is 23.6 Å². The number of hydrogen-bond acceptors (Lipinski definition) is 3. The summed E-state index contributed by atoms with van der Waals surface area (Å²) in [5, 5.41) is 0. The van der Waals surface area contributed by atoms with E-state index in [1.54, 1.807) is 11.3 Å². The van der Waals surface area contributed by atoms with Crippen molar-refractivity contribution in [3.63, 3.8) is 0 Å². The van der Waals surface area contributed by atoms with Crippen LogP contribution >= 0.6 is 23.6 Å². The average Bonchev–Trinajstić information content (AvgIpc) is 3.05. The molecule has 1 aliphatic rings. The summed E-state index contributed by atoms with van der Waals surface area (Å²) < 4.78 is 2.64. The molecule has 0 saturated heterocycles. The Labute approximate surface area is 144 Å². The lowest BCUT2D eigenvalue weighted by molar-refractivity contribution is -0.0363. The highest BCUT2D eigenvalue weighted by atomic mass is 32.1. The van der Waals surface area contributed by atoms with Crippen LogP contribution in [0, 0.1) is 3.95 Å². The maximum absolute atomic E-state index is 6.36. The highest BCUT2D eigenvalue weighted by molar-refractivity contribution is 7.73. The lowest BCUT2D eigenvalue weighted by Gasteiger charge is -2.27. The Morgan fingerprint density at radius 3 is 2.52 bits per heavy atom. The molecule has 0 N–H and O–H groups in total. The molecule has 4 heteroatoms. The number of fused-ring (bicyclic) bond motifs is 3. The summed E-state index contributed by atoms with van der Waals surface area (Å²) in [6.45, 7) is 4.16. The molecule has 0 radical (unpaired) electrons. The number of benzene rings is 2. The van der Waals surface area contributed by atoms with Crippen molar-refractivity contribution in [3.05, 3.63) is 75.4 Å². The van der Waals surface area contributed by atoms with Crippen LogP contribution in [0.4, 0.5) is 0 Å². The minimum Gasteiger partial charge on any atom is -0.401 e. The monoisotopic (exact) mass is 339 g/mol. The zero-order valence-electron chi connectivity index (χ0n) is 13.1. The maximum atomic E-state index is 6.36. The number of aromatic nitrogens is 1. The number of hydrogen-bond donors (Lipinski definition) is 0. The Kier molecular flexibility index (Phi) is 3.39. The molecule has 23 heavy (non-hydrogen) atoms. The minimum atomic E-state index is -0.441. The minimum absolute atomic E-state index is 0.441. The van der Waals surface area contributed by atoms with Gasteiger partial charge in [0.05, 0.1) is 10.6 Å². The van der Waals surface area contributed by atoms with E-state index in [1.165, 1.54) is 21.7 Å². The van der Waals surface area contributed by atoms with E-state index >= 15 is 0 Å². The first-order valence-corrected chi connectivity index (χ1v) is 8.87. The molecule has 0 fully saturated rings. The Hall–Kier alpha value is -1.91. The van der Waals surface area contributed by atoms with Gasteiger partial charge in [-0.1, -0.05) is 54.6 Å².